The van der Waals surface area contributed by atoms with Gasteiger partial charge in [-0.1, -0.05) is 30.3 Å². The largest absolute Gasteiger partial charge is 0.382 e. The molecule has 3 rings (SSSR count). The van der Waals surface area contributed by atoms with Crippen LogP contribution in [0.1, 0.15) is 10.4 Å². The van der Waals surface area contributed by atoms with Crippen molar-refractivity contribution in [3.05, 3.63) is 70.5 Å². The Morgan fingerprint density at radius 3 is 2.52 bits per heavy atom. The Bertz CT molecular complexity index is 1010. The van der Waals surface area contributed by atoms with Gasteiger partial charge in [-0.25, -0.2) is 0 Å². The topological polar surface area (TPSA) is 66.4 Å². The van der Waals surface area contributed by atoms with Crippen molar-refractivity contribution in [2.45, 2.75) is 0 Å². The van der Waals surface area contributed by atoms with Gasteiger partial charge in [0, 0.05) is 31.2 Å². The summed E-state index contributed by atoms with van der Waals surface area (Å²) in [5.41, 5.74) is 2.13. The Labute approximate surface area is 158 Å². The monoisotopic (exact) mass is 364 g/mol. The SMILES string of the molecule is CN(C)CCNc1cccc2cc(C(=O)Nc3ccccc3)c(=O)n(C)c12. The number of nitrogens with one attached hydrogen (secondary N) is 2. The Kier molecular flexibility index (Phi) is 5.57. The minimum Gasteiger partial charge on any atom is -0.382 e. The van der Waals surface area contributed by atoms with Crippen molar-refractivity contribution in [3.63, 3.8) is 0 Å². The van der Waals surface area contributed by atoms with Gasteiger partial charge in [-0.2, -0.15) is 0 Å². The number of carbonyl (C=O) groups is 1. The van der Waals surface area contributed by atoms with E-state index in [1.54, 1.807) is 25.2 Å². The van der Waals surface area contributed by atoms with Gasteiger partial charge in [-0.05, 0) is 38.4 Å². The van der Waals surface area contributed by atoms with Gasteiger partial charge in [0.15, 0.2) is 0 Å². The lowest BCUT2D eigenvalue weighted by atomic mass is 10.1. The average Bonchev–Trinajstić information content (AvgIpc) is 2.65. The number of pyridine rings is 1. The van der Waals surface area contributed by atoms with Crippen LogP contribution in [0.3, 0.4) is 0 Å². The maximum Gasteiger partial charge on any atom is 0.263 e. The standard InChI is InChI=1S/C21H24N4O2/c1-24(2)13-12-22-18-11-7-8-15-14-17(21(27)25(3)19(15)18)20(26)23-16-9-5-4-6-10-16/h4-11,14,22H,12-13H2,1-3H3,(H,23,26). The number of hydrogen-bond acceptors (Lipinski definition) is 4. The maximum atomic E-state index is 12.8. The second kappa shape index (κ2) is 8.05. The molecule has 1 aromatic heterocycles. The molecule has 2 aromatic carbocycles. The number of fused-ring (bicyclic) bond motifs is 1. The number of amides is 1. The summed E-state index contributed by atoms with van der Waals surface area (Å²) in [5.74, 6) is -0.408. The van der Waals surface area contributed by atoms with E-state index in [0.29, 0.717) is 5.69 Å². The van der Waals surface area contributed by atoms with Crippen LogP contribution in [0, 0.1) is 0 Å². The maximum absolute atomic E-state index is 12.8. The molecular weight excluding hydrogens is 340 g/mol. The molecule has 0 fully saturated rings. The van der Waals surface area contributed by atoms with Gasteiger partial charge in [0.25, 0.3) is 11.5 Å². The Morgan fingerprint density at radius 2 is 1.81 bits per heavy atom. The lowest BCUT2D eigenvalue weighted by Gasteiger charge is -2.16. The van der Waals surface area contributed by atoms with E-state index >= 15 is 0 Å². The van der Waals surface area contributed by atoms with Crippen molar-refractivity contribution in [2.75, 3.05) is 37.8 Å². The number of benzene rings is 2. The number of nitrogens with zero attached hydrogens (tertiary/aromatic N) is 2. The molecule has 0 atom stereocenters. The lowest BCUT2D eigenvalue weighted by Crippen LogP contribution is -2.28. The molecular formula is C21H24N4O2. The normalized spacial score (nSPS) is 11.0. The number of hydrogen-bond donors (Lipinski definition) is 2. The van der Waals surface area contributed by atoms with Crippen molar-refractivity contribution in [1.29, 1.82) is 0 Å². The molecule has 0 aliphatic carbocycles. The molecule has 6 heteroatoms. The van der Waals surface area contributed by atoms with E-state index in [9.17, 15) is 9.59 Å². The number of aromatic nitrogens is 1. The predicted octanol–water partition coefficient (Wildman–Crippen LogP) is 2.76. The molecule has 3 aromatic rings. The van der Waals surface area contributed by atoms with Crippen LogP contribution in [0.15, 0.2) is 59.4 Å². The second-order valence-electron chi connectivity index (χ2n) is 6.72. The van der Waals surface area contributed by atoms with Crippen molar-refractivity contribution >= 4 is 28.2 Å². The Morgan fingerprint density at radius 1 is 1.07 bits per heavy atom. The number of aryl methyl sites for hydroxylation is 1. The molecule has 2 N–H and O–H groups in total. The molecule has 0 bridgehead atoms. The summed E-state index contributed by atoms with van der Waals surface area (Å²) >= 11 is 0. The van der Waals surface area contributed by atoms with E-state index in [2.05, 4.69) is 15.5 Å². The highest BCUT2D eigenvalue weighted by atomic mass is 16.2. The molecule has 0 saturated heterocycles. The summed E-state index contributed by atoms with van der Waals surface area (Å²) in [6, 6.07) is 16.5. The molecule has 140 valence electrons. The number of rotatable bonds is 6. The fraction of sp³-hybridized carbons (Fsp3) is 0.238. The van der Waals surface area contributed by atoms with Gasteiger partial charge in [0.1, 0.15) is 5.56 Å². The van der Waals surface area contributed by atoms with Crippen LogP contribution < -0.4 is 16.2 Å². The first-order valence-electron chi connectivity index (χ1n) is 8.85. The molecule has 1 heterocycles. The van der Waals surface area contributed by atoms with E-state index in [-0.39, 0.29) is 11.1 Å². The van der Waals surface area contributed by atoms with E-state index in [0.717, 1.165) is 29.7 Å². The highest BCUT2D eigenvalue weighted by Gasteiger charge is 2.16. The second-order valence-corrected chi connectivity index (χ2v) is 6.72. The lowest BCUT2D eigenvalue weighted by molar-refractivity contribution is 0.102. The van der Waals surface area contributed by atoms with Crippen LogP contribution in [0.4, 0.5) is 11.4 Å². The van der Waals surface area contributed by atoms with Gasteiger partial charge in [-0.3, -0.25) is 9.59 Å². The van der Waals surface area contributed by atoms with E-state index < -0.39 is 5.91 Å². The minimum absolute atomic E-state index is 0.124. The zero-order valence-corrected chi connectivity index (χ0v) is 15.8. The van der Waals surface area contributed by atoms with Crippen molar-refractivity contribution in [2.24, 2.45) is 7.05 Å². The highest BCUT2D eigenvalue weighted by Crippen LogP contribution is 2.22. The van der Waals surface area contributed by atoms with E-state index in [1.807, 2.05) is 50.5 Å². The van der Waals surface area contributed by atoms with Gasteiger partial charge in [0.05, 0.1) is 11.2 Å². The van der Waals surface area contributed by atoms with Crippen LogP contribution in [0.25, 0.3) is 10.9 Å². The molecule has 0 radical (unpaired) electrons. The predicted molar refractivity (Wildman–Crippen MR) is 111 cm³/mol. The summed E-state index contributed by atoms with van der Waals surface area (Å²) in [6.07, 6.45) is 0. The quantitative estimate of drug-likeness (QED) is 0.706. The fourth-order valence-corrected chi connectivity index (χ4v) is 2.99. The third-order valence-corrected chi connectivity index (χ3v) is 4.39. The molecule has 0 unspecified atom stereocenters. The molecule has 1 amide bonds. The number of carbonyl (C=O) groups excluding carboxylic acids is 1. The average molecular weight is 364 g/mol. The van der Waals surface area contributed by atoms with Crippen molar-refractivity contribution in [3.8, 4) is 0 Å². The highest BCUT2D eigenvalue weighted by molar-refractivity contribution is 6.06. The van der Waals surface area contributed by atoms with Crippen LogP contribution in [-0.4, -0.2) is 42.6 Å². The van der Waals surface area contributed by atoms with Gasteiger partial charge >= 0.3 is 0 Å². The minimum atomic E-state index is -0.408. The van der Waals surface area contributed by atoms with E-state index in [1.165, 1.54) is 4.57 Å². The molecule has 0 spiro atoms. The van der Waals surface area contributed by atoms with Crippen LogP contribution in [0.5, 0.6) is 0 Å². The smallest absolute Gasteiger partial charge is 0.263 e. The fourth-order valence-electron chi connectivity index (χ4n) is 2.99. The molecule has 0 aliphatic heterocycles. The Hall–Kier alpha value is -3.12. The Balaban J connectivity index is 1.96. The molecule has 0 aliphatic rings. The molecule has 0 saturated carbocycles. The van der Waals surface area contributed by atoms with Crippen LogP contribution in [-0.2, 0) is 7.05 Å². The molecule has 27 heavy (non-hydrogen) atoms. The third kappa shape index (κ3) is 4.17. The summed E-state index contributed by atoms with van der Waals surface area (Å²) in [4.78, 5) is 27.5. The zero-order valence-electron chi connectivity index (χ0n) is 15.8. The first-order chi connectivity index (χ1) is 13.0. The molecule has 6 nitrogen and oxygen atoms in total. The van der Waals surface area contributed by atoms with Crippen molar-refractivity contribution in [1.82, 2.24) is 9.47 Å². The van der Waals surface area contributed by atoms with Crippen LogP contribution in [0.2, 0.25) is 0 Å². The number of likely N-dealkylation sites (N-methyl/N-ethyl adjacent to an activating group) is 1. The summed E-state index contributed by atoms with van der Waals surface area (Å²) < 4.78 is 1.53. The first kappa shape index (κ1) is 18.7. The number of anilines is 2. The van der Waals surface area contributed by atoms with Gasteiger partial charge < -0.3 is 20.1 Å². The summed E-state index contributed by atoms with van der Waals surface area (Å²) in [7, 11) is 5.72. The number of para-hydroxylation sites is 2. The van der Waals surface area contributed by atoms with Crippen LogP contribution >= 0.6 is 0 Å². The van der Waals surface area contributed by atoms with Crippen molar-refractivity contribution < 1.29 is 4.79 Å². The first-order valence-corrected chi connectivity index (χ1v) is 8.85. The van der Waals surface area contributed by atoms with E-state index in [4.69, 9.17) is 0 Å². The third-order valence-electron chi connectivity index (χ3n) is 4.39. The summed E-state index contributed by atoms with van der Waals surface area (Å²) in [5, 5.41) is 6.99. The zero-order chi connectivity index (χ0) is 19.4. The van der Waals surface area contributed by atoms with Gasteiger partial charge in [-0.15, -0.1) is 0 Å². The van der Waals surface area contributed by atoms with Gasteiger partial charge in [0.2, 0.25) is 0 Å². The summed E-state index contributed by atoms with van der Waals surface area (Å²) in [6.45, 7) is 1.64.